The van der Waals surface area contributed by atoms with Crippen molar-refractivity contribution in [3.8, 4) is 0 Å². The van der Waals surface area contributed by atoms with E-state index in [9.17, 15) is 31.2 Å². The first kappa shape index (κ1) is 22.6. The Morgan fingerprint density at radius 2 is 1.74 bits per heavy atom. The summed E-state index contributed by atoms with van der Waals surface area (Å²) in [6, 6.07) is 8.51. The van der Waals surface area contributed by atoms with Crippen molar-refractivity contribution in [1.29, 1.82) is 0 Å². The predicted octanol–water partition coefficient (Wildman–Crippen LogP) is 3.19. The van der Waals surface area contributed by atoms with Crippen molar-refractivity contribution in [2.75, 3.05) is 17.9 Å². The number of amides is 1. The summed E-state index contributed by atoms with van der Waals surface area (Å²) in [5.41, 5.74) is -1.13. The van der Waals surface area contributed by atoms with Gasteiger partial charge in [-0.3, -0.25) is 14.3 Å². The number of carbonyl (C=O) groups is 2. The molecule has 2 N–H and O–H groups in total. The van der Waals surface area contributed by atoms with Gasteiger partial charge in [0.25, 0.3) is 15.9 Å². The number of nitrogens with one attached hydrogen (secondary N) is 2. The van der Waals surface area contributed by atoms with Crippen LogP contribution in [0.15, 0.2) is 53.4 Å². The minimum atomic E-state index is -4.61. The lowest BCUT2D eigenvalue weighted by Crippen LogP contribution is -2.31. The van der Waals surface area contributed by atoms with E-state index in [1.807, 2.05) is 0 Å². The molecule has 0 radical (unpaired) electrons. The van der Waals surface area contributed by atoms with Gasteiger partial charge in [0.2, 0.25) is 0 Å². The Kier molecular flexibility index (Phi) is 6.54. The zero-order valence-corrected chi connectivity index (χ0v) is 16.9. The number of esters is 1. The van der Waals surface area contributed by atoms with Crippen molar-refractivity contribution in [3.63, 3.8) is 0 Å². The van der Waals surface area contributed by atoms with Gasteiger partial charge in [0.1, 0.15) is 6.54 Å². The summed E-state index contributed by atoms with van der Waals surface area (Å²) >= 11 is 0. The van der Waals surface area contributed by atoms with E-state index in [0.717, 1.165) is 37.1 Å². The van der Waals surface area contributed by atoms with Gasteiger partial charge in [-0.05, 0) is 61.2 Å². The summed E-state index contributed by atoms with van der Waals surface area (Å²) in [5, 5.41) is 2.38. The van der Waals surface area contributed by atoms with Crippen molar-refractivity contribution in [1.82, 2.24) is 5.32 Å². The lowest BCUT2D eigenvalue weighted by atomic mass is 10.2. The van der Waals surface area contributed by atoms with Crippen LogP contribution in [0.3, 0.4) is 0 Å². The van der Waals surface area contributed by atoms with Gasteiger partial charge in [0.15, 0.2) is 0 Å². The molecule has 2 aromatic rings. The van der Waals surface area contributed by atoms with Crippen LogP contribution >= 0.6 is 0 Å². The summed E-state index contributed by atoms with van der Waals surface area (Å²) < 4.78 is 70.3. The molecule has 0 atom stereocenters. The molecular weight excluding hydrogens is 437 g/mol. The molecule has 0 bridgehead atoms. The maximum absolute atomic E-state index is 12.8. The van der Waals surface area contributed by atoms with Gasteiger partial charge < -0.3 is 10.1 Å². The summed E-state index contributed by atoms with van der Waals surface area (Å²) in [5.74, 6) is -0.762. The van der Waals surface area contributed by atoms with E-state index in [1.54, 1.807) is 0 Å². The molecule has 1 fully saturated rings. The SMILES string of the molecule is O=C(CNC(=O)c1ccc(S(=O)(=O)Nc2cccc(C(F)(F)F)c2)cc1)OCC1CC1. The Morgan fingerprint density at radius 1 is 1.06 bits per heavy atom. The van der Waals surface area contributed by atoms with Gasteiger partial charge in [-0.15, -0.1) is 0 Å². The number of alkyl halides is 3. The fraction of sp³-hybridized carbons (Fsp3) is 0.300. The molecule has 166 valence electrons. The van der Waals surface area contributed by atoms with E-state index >= 15 is 0 Å². The standard InChI is InChI=1S/C20H19F3N2O5S/c21-20(22,23)15-2-1-3-16(10-15)25-31(28,29)17-8-6-14(7-9-17)19(27)24-11-18(26)30-12-13-4-5-13/h1-3,6-10,13,25H,4-5,11-12H2,(H,24,27). The Morgan fingerprint density at radius 3 is 2.35 bits per heavy atom. The van der Waals surface area contributed by atoms with Crippen LogP contribution in [-0.2, 0) is 25.7 Å². The molecule has 2 aromatic carbocycles. The summed E-state index contributed by atoms with van der Waals surface area (Å²) in [6.07, 6.45) is -2.56. The zero-order valence-electron chi connectivity index (χ0n) is 16.1. The average molecular weight is 456 g/mol. The maximum atomic E-state index is 12.8. The number of sulfonamides is 1. The van der Waals surface area contributed by atoms with Crippen molar-refractivity contribution in [2.45, 2.75) is 23.9 Å². The monoisotopic (exact) mass is 456 g/mol. The van der Waals surface area contributed by atoms with Crippen LogP contribution in [0.5, 0.6) is 0 Å². The largest absolute Gasteiger partial charge is 0.464 e. The van der Waals surface area contributed by atoms with Crippen LogP contribution in [0.25, 0.3) is 0 Å². The Balaban J connectivity index is 1.60. The van der Waals surface area contributed by atoms with Crippen molar-refractivity contribution in [3.05, 3.63) is 59.7 Å². The van der Waals surface area contributed by atoms with Gasteiger partial charge in [0, 0.05) is 11.3 Å². The van der Waals surface area contributed by atoms with E-state index in [1.165, 1.54) is 18.2 Å². The Bertz CT molecular complexity index is 1060. The van der Waals surface area contributed by atoms with Gasteiger partial charge in [0.05, 0.1) is 17.1 Å². The molecule has 0 saturated heterocycles. The Labute approximate surface area is 176 Å². The molecule has 11 heteroatoms. The molecule has 1 amide bonds. The normalized spacial score (nSPS) is 14.0. The molecule has 0 spiro atoms. The van der Waals surface area contributed by atoms with E-state index in [2.05, 4.69) is 10.0 Å². The predicted molar refractivity (Wildman–Crippen MR) is 105 cm³/mol. The molecule has 0 unspecified atom stereocenters. The molecule has 1 saturated carbocycles. The van der Waals surface area contributed by atoms with Crippen molar-refractivity contribution < 1.29 is 35.9 Å². The fourth-order valence-electron chi connectivity index (χ4n) is 2.56. The van der Waals surface area contributed by atoms with Gasteiger partial charge in [-0.2, -0.15) is 13.2 Å². The third kappa shape index (κ3) is 6.45. The first-order valence-corrected chi connectivity index (χ1v) is 10.8. The summed E-state index contributed by atoms with van der Waals surface area (Å²) in [6.45, 7) is 0.0167. The zero-order chi connectivity index (χ0) is 22.6. The molecule has 31 heavy (non-hydrogen) atoms. The van der Waals surface area contributed by atoms with E-state index in [-0.39, 0.29) is 22.7 Å². The van der Waals surface area contributed by atoms with Crippen molar-refractivity contribution in [2.24, 2.45) is 5.92 Å². The molecular formula is C20H19F3N2O5S. The minimum absolute atomic E-state index is 0.105. The molecule has 0 heterocycles. The van der Waals surface area contributed by atoms with E-state index in [4.69, 9.17) is 4.74 Å². The number of carbonyl (C=O) groups excluding carboxylic acids is 2. The lowest BCUT2D eigenvalue weighted by molar-refractivity contribution is -0.143. The second-order valence-corrected chi connectivity index (χ2v) is 8.70. The highest BCUT2D eigenvalue weighted by atomic mass is 32.2. The number of benzene rings is 2. The van der Waals surface area contributed by atoms with Gasteiger partial charge in [-0.1, -0.05) is 6.07 Å². The van der Waals surface area contributed by atoms with Gasteiger partial charge in [-0.25, -0.2) is 8.42 Å². The smallest absolute Gasteiger partial charge is 0.416 e. The highest BCUT2D eigenvalue weighted by molar-refractivity contribution is 7.92. The molecule has 0 aromatic heterocycles. The highest BCUT2D eigenvalue weighted by Crippen LogP contribution is 2.31. The maximum Gasteiger partial charge on any atom is 0.416 e. The van der Waals surface area contributed by atoms with Crippen LogP contribution in [-0.4, -0.2) is 33.4 Å². The lowest BCUT2D eigenvalue weighted by Gasteiger charge is -2.11. The first-order chi connectivity index (χ1) is 14.5. The number of hydrogen-bond acceptors (Lipinski definition) is 5. The average Bonchev–Trinajstić information content (AvgIpc) is 3.54. The minimum Gasteiger partial charge on any atom is -0.464 e. The first-order valence-electron chi connectivity index (χ1n) is 9.28. The van der Waals surface area contributed by atoms with Gasteiger partial charge >= 0.3 is 12.1 Å². The number of rotatable bonds is 8. The third-order valence-corrected chi connectivity index (χ3v) is 5.84. The number of halogens is 3. The topological polar surface area (TPSA) is 102 Å². The Hall–Kier alpha value is -3.08. The number of ether oxygens (including phenoxy) is 1. The molecule has 1 aliphatic rings. The van der Waals surface area contributed by atoms with E-state index in [0.29, 0.717) is 18.6 Å². The van der Waals surface area contributed by atoms with Crippen LogP contribution in [0, 0.1) is 5.92 Å². The number of hydrogen-bond donors (Lipinski definition) is 2. The van der Waals surface area contributed by atoms with Crippen LogP contribution in [0.1, 0.15) is 28.8 Å². The fourth-order valence-corrected chi connectivity index (χ4v) is 3.61. The van der Waals surface area contributed by atoms with Crippen LogP contribution in [0.4, 0.5) is 18.9 Å². The molecule has 7 nitrogen and oxygen atoms in total. The highest BCUT2D eigenvalue weighted by Gasteiger charge is 2.30. The second-order valence-electron chi connectivity index (χ2n) is 7.02. The quantitative estimate of drug-likeness (QED) is 0.594. The number of anilines is 1. The molecule has 3 rings (SSSR count). The second kappa shape index (κ2) is 8.96. The summed E-state index contributed by atoms with van der Waals surface area (Å²) in [4.78, 5) is 23.4. The molecule has 0 aliphatic heterocycles. The third-order valence-electron chi connectivity index (χ3n) is 4.44. The summed E-state index contributed by atoms with van der Waals surface area (Å²) in [7, 11) is -4.18. The van der Waals surface area contributed by atoms with Crippen LogP contribution in [0.2, 0.25) is 0 Å². The van der Waals surface area contributed by atoms with Crippen molar-refractivity contribution >= 4 is 27.6 Å². The van der Waals surface area contributed by atoms with E-state index < -0.39 is 33.6 Å². The molecule has 1 aliphatic carbocycles. The van der Waals surface area contributed by atoms with Crippen LogP contribution < -0.4 is 10.0 Å².